The van der Waals surface area contributed by atoms with Crippen molar-refractivity contribution >= 4 is 0 Å². The van der Waals surface area contributed by atoms with E-state index < -0.39 is 0 Å². The van der Waals surface area contributed by atoms with Gasteiger partial charge >= 0.3 is 0 Å². The van der Waals surface area contributed by atoms with Gasteiger partial charge in [0, 0.05) is 24.6 Å². The second kappa shape index (κ2) is 4.60. The van der Waals surface area contributed by atoms with E-state index in [1.54, 1.807) is 0 Å². The normalized spacial score (nSPS) is 29.8. The van der Waals surface area contributed by atoms with Crippen molar-refractivity contribution in [3.63, 3.8) is 0 Å². The quantitative estimate of drug-likeness (QED) is 0.704. The van der Waals surface area contributed by atoms with Crippen LogP contribution in [0.2, 0.25) is 0 Å². The molecule has 1 rings (SSSR count). The van der Waals surface area contributed by atoms with Crippen molar-refractivity contribution in [3.8, 4) is 0 Å². The van der Waals surface area contributed by atoms with Gasteiger partial charge in [-0.15, -0.1) is 0 Å². The molecule has 0 aliphatic carbocycles. The largest absolute Gasteiger partial charge is 0.396 e. The van der Waals surface area contributed by atoms with Gasteiger partial charge in [-0.2, -0.15) is 0 Å². The van der Waals surface area contributed by atoms with Gasteiger partial charge in [-0.05, 0) is 18.9 Å². The lowest BCUT2D eigenvalue weighted by molar-refractivity contribution is 0.0696. The van der Waals surface area contributed by atoms with Gasteiger partial charge in [0.2, 0.25) is 0 Å². The first-order chi connectivity index (χ1) is 6.50. The summed E-state index contributed by atoms with van der Waals surface area (Å²) in [5.41, 5.74) is -0.0581. The average Bonchev–Trinajstić information content (AvgIpc) is 2.46. The second-order valence-corrected chi connectivity index (χ2v) is 5.31. The third kappa shape index (κ3) is 2.69. The molecule has 1 heterocycles. The molecule has 1 fully saturated rings. The molecular formula is C11H23NO2. The van der Waals surface area contributed by atoms with E-state index in [0.29, 0.717) is 12.0 Å². The molecule has 2 atom stereocenters. The Labute approximate surface area is 86.7 Å². The lowest BCUT2D eigenvalue weighted by Crippen LogP contribution is -2.42. The van der Waals surface area contributed by atoms with Crippen LogP contribution >= 0.6 is 0 Å². The van der Waals surface area contributed by atoms with Crippen LogP contribution in [-0.4, -0.2) is 47.5 Å². The highest BCUT2D eigenvalue weighted by atomic mass is 16.3. The van der Waals surface area contributed by atoms with Crippen molar-refractivity contribution in [2.45, 2.75) is 33.2 Å². The van der Waals surface area contributed by atoms with Crippen LogP contribution in [0, 0.1) is 11.3 Å². The number of rotatable bonds is 4. The van der Waals surface area contributed by atoms with E-state index in [2.05, 4.69) is 25.7 Å². The van der Waals surface area contributed by atoms with E-state index in [1.807, 2.05) is 0 Å². The first-order valence-electron chi connectivity index (χ1n) is 5.46. The van der Waals surface area contributed by atoms with Gasteiger partial charge in [-0.3, -0.25) is 4.90 Å². The summed E-state index contributed by atoms with van der Waals surface area (Å²) >= 11 is 0. The molecule has 0 bridgehead atoms. The summed E-state index contributed by atoms with van der Waals surface area (Å²) in [6.45, 7) is 8.68. The van der Waals surface area contributed by atoms with Crippen LogP contribution < -0.4 is 0 Å². The second-order valence-electron chi connectivity index (χ2n) is 5.31. The summed E-state index contributed by atoms with van der Waals surface area (Å²) < 4.78 is 0. The lowest BCUT2D eigenvalue weighted by Gasteiger charge is -2.32. The third-order valence-electron chi connectivity index (χ3n) is 3.24. The fourth-order valence-corrected chi connectivity index (χ4v) is 2.18. The van der Waals surface area contributed by atoms with Crippen LogP contribution in [0.1, 0.15) is 27.2 Å². The van der Waals surface area contributed by atoms with Gasteiger partial charge in [0.25, 0.3) is 0 Å². The van der Waals surface area contributed by atoms with Crippen LogP contribution in [0.15, 0.2) is 0 Å². The number of nitrogens with zero attached hydrogens (tertiary/aromatic N) is 1. The van der Waals surface area contributed by atoms with Gasteiger partial charge in [0.05, 0.1) is 6.61 Å². The van der Waals surface area contributed by atoms with Crippen LogP contribution in [0.5, 0.6) is 0 Å². The predicted octanol–water partition coefficient (Wildman–Crippen LogP) is 0.708. The summed E-state index contributed by atoms with van der Waals surface area (Å²) in [5, 5.41) is 18.5. The predicted molar refractivity (Wildman–Crippen MR) is 57.1 cm³/mol. The number of hydrogen-bond acceptors (Lipinski definition) is 3. The molecule has 0 radical (unpaired) electrons. The molecule has 14 heavy (non-hydrogen) atoms. The highest BCUT2D eigenvalue weighted by Crippen LogP contribution is 2.27. The fourth-order valence-electron chi connectivity index (χ4n) is 2.18. The van der Waals surface area contributed by atoms with Crippen LogP contribution in [-0.2, 0) is 0 Å². The number of hydrogen-bond donors (Lipinski definition) is 2. The van der Waals surface area contributed by atoms with Gasteiger partial charge in [0.1, 0.15) is 0 Å². The molecular weight excluding hydrogens is 178 g/mol. The highest BCUT2D eigenvalue weighted by Gasteiger charge is 2.33. The van der Waals surface area contributed by atoms with Crippen molar-refractivity contribution in [2.75, 3.05) is 26.3 Å². The monoisotopic (exact) mass is 201 g/mol. The van der Waals surface area contributed by atoms with Crippen molar-refractivity contribution < 1.29 is 10.2 Å². The topological polar surface area (TPSA) is 43.7 Å². The van der Waals surface area contributed by atoms with Crippen LogP contribution in [0.3, 0.4) is 0 Å². The summed E-state index contributed by atoms with van der Waals surface area (Å²) in [4.78, 5) is 2.31. The first-order valence-corrected chi connectivity index (χ1v) is 5.46. The molecule has 3 heteroatoms. The number of aliphatic hydroxyl groups excluding tert-OH is 2. The van der Waals surface area contributed by atoms with Crippen molar-refractivity contribution in [2.24, 2.45) is 11.3 Å². The Morgan fingerprint density at radius 2 is 2.00 bits per heavy atom. The average molecular weight is 201 g/mol. The Morgan fingerprint density at radius 3 is 2.50 bits per heavy atom. The first kappa shape index (κ1) is 12.0. The van der Waals surface area contributed by atoms with E-state index in [0.717, 1.165) is 19.5 Å². The SMILES string of the molecule is CC1CCN(CC(C)(C)CO)C1CO. The number of likely N-dealkylation sites (tertiary alicyclic amines) is 1. The molecule has 0 amide bonds. The van der Waals surface area contributed by atoms with Gasteiger partial charge in [-0.1, -0.05) is 20.8 Å². The zero-order valence-corrected chi connectivity index (χ0v) is 9.53. The molecule has 0 aromatic rings. The van der Waals surface area contributed by atoms with E-state index in [9.17, 15) is 10.2 Å². The Bertz CT molecular complexity index is 182. The molecule has 2 unspecified atom stereocenters. The molecule has 1 saturated heterocycles. The summed E-state index contributed by atoms with van der Waals surface area (Å²) in [7, 11) is 0. The molecule has 1 aliphatic heterocycles. The molecule has 0 spiro atoms. The van der Waals surface area contributed by atoms with Crippen LogP contribution in [0.4, 0.5) is 0 Å². The van der Waals surface area contributed by atoms with Gasteiger partial charge < -0.3 is 10.2 Å². The van der Waals surface area contributed by atoms with E-state index in [4.69, 9.17) is 0 Å². The molecule has 0 saturated carbocycles. The van der Waals surface area contributed by atoms with Crippen molar-refractivity contribution in [1.29, 1.82) is 0 Å². The van der Waals surface area contributed by atoms with Gasteiger partial charge in [-0.25, -0.2) is 0 Å². The Hall–Kier alpha value is -0.120. The zero-order chi connectivity index (χ0) is 10.8. The molecule has 84 valence electrons. The maximum atomic E-state index is 9.27. The molecule has 0 aromatic heterocycles. The Kier molecular flexibility index (Phi) is 3.93. The maximum absolute atomic E-state index is 9.27. The Morgan fingerprint density at radius 1 is 1.36 bits per heavy atom. The van der Waals surface area contributed by atoms with Gasteiger partial charge in [0.15, 0.2) is 0 Å². The minimum Gasteiger partial charge on any atom is -0.396 e. The fraction of sp³-hybridized carbons (Fsp3) is 1.00. The van der Waals surface area contributed by atoms with Crippen molar-refractivity contribution in [1.82, 2.24) is 4.90 Å². The highest BCUT2D eigenvalue weighted by molar-refractivity contribution is 4.87. The zero-order valence-electron chi connectivity index (χ0n) is 9.53. The molecule has 2 N–H and O–H groups in total. The van der Waals surface area contributed by atoms with E-state index >= 15 is 0 Å². The maximum Gasteiger partial charge on any atom is 0.0589 e. The van der Waals surface area contributed by atoms with E-state index in [1.165, 1.54) is 0 Å². The lowest BCUT2D eigenvalue weighted by atomic mass is 9.93. The standard InChI is InChI=1S/C11H23NO2/c1-9-4-5-12(10(9)6-13)7-11(2,3)8-14/h9-10,13-14H,4-8H2,1-3H3. The molecule has 0 aromatic carbocycles. The summed E-state index contributed by atoms with van der Waals surface area (Å²) in [5.74, 6) is 0.578. The minimum atomic E-state index is -0.0581. The smallest absolute Gasteiger partial charge is 0.0589 e. The summed E-state index contributed by atoms with van der Waals surface area (Å²) in [6, 6.07) is 0.292. The van der Waals surface area contributed by atoms with Crippen LogP contribution in [0.25, 0.3) is 0 Å². The minimum absolute atomic E-state index is 0.0581. The van der Waals surface area contributed by atoms with E-state index in [-0.39, 0.29) is 18.6 Å². The Balaban J connectivity index is 2.52. The van der Waals surface area contributed by atoms with Crippen molar-refractivity contribution in [3.05, 3.63) is 0 Å². The summed E-state index contributed by atoms with van der Waals surface area (Å²) in [6.07, 6.45) is 1.16. The molecule has 3 nitrogen and oxygen atoms in total. The third-order valence-corrected chi connectivity index (χ3v) is 3.24. The molecule has 1 aliphatic rings. The number of aliphatic hydroxyl groups is 2.